The van der Waals surface area contributed by atoms with Gasteiger partial charge in [-0.05, 0) is 40.4 Å². The van der Waals surface area contributed by atoms with Crippen LogP contribution in [0.2, 0.25) is 0 Å². The highest BCUT2D eigenvalue weighted by molar-refractivity contribution is 9.10. The van der Waals surface area contributed by atoms with E-state index in [1.807, 2.05) is 11.8 Å². The molecule has 104 valence electrons. The molecule has 1 heterocycles. The average Bonchev–Trinajstić information content (AvgIpc) is 2.69. The van der Waals surface area contributed by atoms with E-state index in [4.69, 9.17) is 11.6 Å². The molecular weight excluding hydrogens is 351 g/mol. The second kappa shape index (κ2) is 6.95. The highest BCUT2D eigenvalue weighted by Gasteiger charge is 2.12. The number of thioether (sulfide) groups is 1. The zero-order chi connectivity index (χ0) is 13.8. The molecule has 0 aliphatic heterocycles. The fraction of sp³-hybridized carbons (Fsp3) is 0.462. The molecule has 0 spiro atoms. The number of imidazole rings is 1. The summed E-state index contributed by atoms with van der Waals surface area (Å²) in [6, 6.07) is 3.27. The fourth-order valence-electron chi connectivity index (χ4n) is 2.06. The number of hydrogen-bond acceptors (Lipinski definition) is 2. The number of aromatic nitrogens is 2. The van der Waals surface area contributed by atoms with Crippen molar-refractivity contribution in [1.29, 1.82) is 0 Å². The topological polar surface area (TPSA) is 17.8 Å². The van der Waals surface area contributed by atoms with E-state index in [0.29, 0.717) is 16.8 Å². The molecule has 1 aromatic heterocycles. The first-order valence-corrected chi connectivity index (χ1v) is 8.78. The minimum absolute atomic E-state index is 0.254. The largest absolute Gasteiger partial charge is 0.328 e. The maximum absolute atomic E-state index is 13.7. The molecular formula is C13H15BrClFN2S. The smallest absolute Gasteiger partial charge is 0.139 e. The fourth-order valence-corrected chi connectivity index (χ4v) is 2.98. The quantitative estimate of drug-likeness (QED) is 0.555. The lowest BCUT2D eigenvalue weighted by Crippen LogP contribution is -2.05. The highest BCUT2D eigenvalue weighted by Crippen LogP contribution is 2.25. The molecule has 0 saturated heterocycles. The number of nitrogens with zero attached hydrogens (tertiary/aromatic N) is 2. The number of aryl methyl sites for hydroxylation is 2. The van der Waals surface area contributed by atoms with Gasteiger partial charge in [0, 0.05) is 24.9 Å². The van der Waals surface area contributed by atoms with Gasteiger partial charge in [0.25, 0.3) is 0 Å². The van der Waals surface area contributed by atoms with Crippen molar-refractivity contribution in [3.63, 3.8) is 0 Å². The maximum Gasteiger partial charge on any atom is 0.139 e. The summed E-state index contributed by atoms with van der Waals surface area (Å²) >= 11 is 10.8. The Bertz CT molecular complexity index is 573. The predicted octanol–water partition coefficient (Wildman–Crippen LogP) is 4.47. The van der Waals surface area contributed by atoms with Crippen molar-refractivity contribution in [3.8, 4) is 0 Å². The average molecular weight is 366 g/mol. The summed E-state index contributed by atoms with van der Waals surface area (Å²) in [6.07, 6.45) is 3.83. The Kier molecular flexibility index (Phi) is 5.54. The summed E-state index contributed by atoms with van der Waals surface area (Å²) < 4.78 is 16.2. The standard InChI is InChI=1S/C13H15BrClFN2S/c1-19-6-2-5-18-12-8-10(16)9(14)7-11(12)17-13(18)3-4-15/h7-8H,2-6H2,1H3. The van der Waals surface area contributed by atoms with Crippen LogP contribution in [0.25, 0.3) is 11.0 Å². The summed E-state index contributed by atoms with van der Waals surface area (Å²) in [5.74, 6) is 2.29. The minimum Gasteiger partial charge on any atom is -0.328 e. The van der Waals surface area contributed by atoms with Crippen molar-refractivity contribution < 1.29 is 4.39 Å². The molecule has 0 atom stereocenters. The van der Waals surface area contributed by atoms with Gasteiger partial charge >= 0.3 is 0 Å². The van der Waals surface area contributed by atoms with Crippen LogP contribution >= 0.6 is 39.3 Å². The van der Waals surface area contributed by atoms with Crippen molar-refractivity contribution in [2.75, 3.05) is 17.9 Å². The predicted molar refractivity (Wildman–Crippen MR) is 84.8 cm³/mol. The van der Waals surface area contributed by atoms with Gasteiger partial charge in [-0.1, -0.05) is 0 Å². The highest BCUT2D eigenvalue weighted by atomic mass is 79.9. The number of alkyl halides is 1. The van der Waals surface area contributed by atoms with E-state index >= 15 is 0 Å². The van der Waals surface area contributed by atoms with Crippen LogP contribution in [0.15, 0.2) is 16.6 Å². The van der Waals surface area contributed by atoms with Gasteiger partial charge in [-0.3, -0.25) is 0 Å². The number of benzene rings is 1. The summed E-state index contributed by atoms with van der Waals surface area (Å²) in [6.45, 7) is 0.852. The Morgan fingerprint density at radius 1 is 1.47 bits per heavy atom. The Labute approximate surface area is 129 Å². The van der Waals surface area contributed by atoms with E-state index in [1.54, 1.807) is 12.1 Å². The zero-order valence-corrected chi connectivity index (χ0v) is 13.8. The molecule has 0 N–H and O–H groups in total. The van der Waals surface area contributed by atoms with Crippen LogP contribution in [0.3, 0.4) is 0 Å². The zero-order valence-electron chi connectivity index (χ0n) is 10.6. The Balaban J connectivity index is 2.43. The van der Waals surface area contributed by atoms with Gasteiger partial charge in [0.1, 0.15) is 11.6 Å². The number of fused-ring (bicyclic) bond motifs is 1. The van der Waals surface area contributed by atoms with Gasteiger partial charge in [0.05, 0.1) is 15.5 Å². The number of rotatable bonds is 6. The van der Waals surface area contributed by atoms with Crippen LogP contribution in [-0.4, -0.2) is 27.4 Å². The van der Waals surface area contributed by atoms with Gasteiger partial charge in [0.15, 0.2) is 0 Å². The molecule has 0 bridgehead atoms. The van der Waals surface area contributed by atoms with Crippen LogP contribution < -0.4 is 0 Å². The van der Waals surface area contributed by atoms with Crippen molar-refractivity contribution in [3.05, 3.63) is 28.2 Å². The van der Waals surface area contributed by atoms with Crippen molar-refractivity contribution in [2.45, 2.75) is 19.4 Å². The molecule has 19 heavy (non-hydrogen) atoms. The number of hydrogen-bond donors (Lipinski definition) is 0. The molecule has 2 aromatic rings. The van der Waals surface area contributed by atoms with E-state index in [-0.39, 0.29) is 5.82 Å². The molecule has 6 heteroatoms. The van der Waals surface area contributed by atoms with Crippen molar-refractivity contribution in [1.82, 2.24) is 9.55 Å². The Morgan fingerprint density at radius 2 is 2.26 bits per heavy atom. The molecule has 0 saturated carbocycles. The van der Waals surface area contributed by atoms with Gasteiger partial charge in [-0.25, -0.2) is 9.37 Å². The summed E-state index contributed by atoms with van der Waals surface area (Å²) in [5, 5.41) is 0. The summed E-state index contributed by atoms with van der Waals surface area (Å²) in [4.78, 5) is 4.56. The van der Waals surface area contributed by atoms with E-state index in [9.17, 15) is 4.39 Å². The molecule has 0 aliphatic carbocycles. The molecule has 2 rings (SSSR count). The van der Waals surface area contributed by atoms with Gasteiger partial charge < -0.3 is 4.57 Å². The second-order valence-corrected chi connectivity index (χ2v) is 6.44. The minimum atomic E-state index is -0.254. The molecule has 0 amide bonds. The lowest BCUT2D eigenvalue weighted by molar-refractivity contribution is 0.619. The van der Waals surface area contributed by atoms with Crippen molar-refractivity contribution >= 4 is 50.3 Å². The first kappa shape index (κ1) is 15.1. The SMILES string of the molecule is CSCCCn1c(CCCl)nc2cc(Br)c(F)cc21. The van der Waals surface area contributed by atoms with E-state index < -0.39 is 0 Å². The summed E-state index contributed by atoms with van der Waals surface area (Å²) in [7, 11) is 0. The van der Waals surface area contributed by atoms with E-state index in [1.165, 1.54) is 0 Å². The maximum atomic E-state index is 13.7. The number of halogens is 3. The Hall–Kier alpha value is -0.260. The van der Waals surface area contributed by atoms with Crippen LogP contribution in [0.4, 0.5) is 4.39 Å². The lowest BCUT2D eigenvalue weighted by atomic mass is 10.3. The van der Waals surface area contributed by atoms with Crippen LogP contribution in [0.5, 0.6) is 0 Å². The van der Waals surface area contributed by atoms with Crippen LogP contribution in [0, 0.1) is 5.82 Å². The van der Waals surface area contributed by atoms with Gasteiger partial charge in [-0.15, -0.1) is 11.6 Å². The molecule has 0 fully saturated rings. The van der Waals surface area contributed by atoms with Crippen molar-refractivity contribution in [2.24, 2.45) is 0 Å². The molecule has 1 aromatic carbocycles. The van der Waals surface area contributed by atoms with E-state index in [0.717, 1.165) is 35.6 Å². The third kappa shape index (κ3) is 3.44. The first-order chi connectivity index (χ1) is 9.17. The molecule has 0 unspecified atom stereocenters. The van der Waals surface area contributed by atoms with Crippen LogP contribution in [0.1, 0.15) is 12.2 Å². The van der Waals surface area contributed by atoms with Gasteiger partial charge in [0.2, 0.25) is 0 Å². The monoisotopic (exact) mass is 364 g/mol. The molecule has 0 radical (unpaired) electrons. The van der Waals surface area contributed by atoms with Gasteiger partial charge in [-0.2, -0.15) is 11.8 Å². The second-order valence-electron chi connectivity index (χ2n) is 4.22. The Morgan fingerprint density at radius 3 is 2.95 bits per heavy atom. The molecule has 0 aliphatic rings. The van der Waals surface area contributed by atoms with E-state index in [2.05, 4.69) is 31.7 Å². The lowest BCUT2D eigenvalue weighted by Gasteiger charge is -2.08. The molecule has 2 nitrogen and oxygen atoms in total. The van der Waals surface area contributed by atoms with Crippen LogP contribution in [-0.2, 0) is 13.0 Å². The third-order valence-corrected chi connectivity index (χ3v) is 4.41. The third-order valence-electron chi connectivity index (χ3n) is 2.92. The summed E-state index contributed by atoms with van der Waals surface area (Å²) in [5.41, 5.74) is 1.67. The first-order valence-electron chi connectivity index (χ1n) is 6.06. The normalized spacial score (nSPS) is 11.4.